The first-order valence-electron chi connectivity index (χ1n) is 6.98. The van der Waals surface area contributed by atoms with Crippen LogP contribution in [0.15, 0.2) is 30.3 Å². The van der Waals surface area contributed by atoms with Gasteiger partial charge in [-0.25, -0.2) is 4.98 Å². The quantitative estimate of drug-likeness (QED) is 0.817. The Bertz CT molecular complexity index is 644. The lowest BCUT2D eigenvalue weighted by atomic mass is 10.1. The number of benzene rings is 1. The molecule has 1 aromatic carbocycles. The van der Waals surface area contributed by atoms with Crippen molar-refractivity contribution >= 4 is 16.6 Å². The molecule has 0 unspecified atom stereocenters. The van der Waals surface area contributed by atoms with Gasteiger partial charge in [0.15, 0.2) is 0 Å². The summed E-state index contributed by atoms with van der Waals surface area (Å²) in [6, 6.07) is 11.7. The van der Waals surface area contributed by atoms with Crippen LogP contribution in [0.5, 0.6) is 0 Å². The van der Waals surface area contributed by atoms with Crippen LogP contribution in [0.1, 0.15) is 18.5 Å². The number of nitrogens with one attached hydrogen (secondary N) is 1. The Hall–Kier alpha value is -2.12. The van der Waals surface area contributed by atoms with Gasteiger partial charge in [0.1, 0.15) is 11.8 Å². The molecule has 1 N–H and O–H groups in total. The fraction of sp³-hybridized carbons (Fsp3) is 0.375. The summed E-state index contributed by atoms with van der Waals surface area (Å²) in [4.78, 5) is 4.30. The van der Waals surface area contributed by atoms with Crippen LogP contribution in [0.3, 0.4) is 0 Å². The average Bonchev–Trinajstić information content (AvgIpc) is 3.30. The number of hydrogen-bond donors (Lipinski definition) is 1. The Morgan fingerprint density at radius 2 is 2.20 bits per heavy atom. The molecule has 102 valence electrons. The summed E-state index contributed by atoms with van der Waals surface area (Å²) in [5, 5.41) is 13.4. The zero-order chi connectivity index (χ0) is 13.8. The Balaban J connectivity index is 1.67. The second-order valence-electron chi connectivity index (χ2n) is 5.13. The van der Waals surface area contributed by atoms with Gasteiger partial charge in [0.2, 0.25) is 0 Å². The minimum Gasteiger partial charge on any atom is -0.382 e. The van der Waals surface area contributed by atoms with Crippen molar-refractivity contribution in [1.82, 2.24) is 4.98 Å². The van der Waals surface area contributed by atoms with Gasteiger partial charge in [-0.2, -0.15) is 5.26 Å². The fourth-order valence-electron chi connectivity index (χ4n) is 2.17. The first-order chi connectivity index (χ1) is 9.86. The highest BCUT2D eigenvalue weighted by molar-refractivity contribution is 5.91. The summed E-state index contributed by atoms with van der Waals surface area (Å²) in [5.41, 5.74) is 2.22. The molecule has 1 aromatic heterocycles. The standard InChI is InChI=1S/C16H17N3O/c17-10-13-9-16(14-3-1-2-4-15(14)19-13)18-7-8-20-11-12-5-6-12/h1-4,9,12H,5-8,11H2,(H,18,19). The van der Waals surface area contributed by atoms with Crippen LogP contribution in [0.4, 0.5) is 5.69 Å². The molecular weight excluding hydrogens is 250 g/mol. The van der Waals surface area contributed by atoms with Crippen molar-refractivity contribution in [1.29, 1.82) is 5.26 Å². The van der Waals surface area contributed by atoms with Crippen LogP contribution in [0.2, 0.25) is 0 Å². The van der Waals surface area contributed by atoms with Gasteiger partial charge in [0, 0.05) is 24.2 Å². The van der Waals surface area contributed by atoms with E-state index in [2.05, 4.69) is 16.4 Å². The second-order valence-corrected chi connectivity index (χ2v) is 5.13. The average molecular weight is 267 g/mol. The van der Waals surface area contributed by atoms with Crippen LogP contribution < -0.4 is 5.32 Å². The molecule has 1 fully saturated rings. The van der Waals surface area contributed by atoms with Crippen molar-refractivity contribution in [2.45, 2.75) is 12.8 Å². The third-order valence-corrected chi connectivity index (χ3v) is 3.44. The molecule has 4 heteroatoms. The van der Waals surface area contributed by atoms with Gasteiger partial charge < -0.3 is 10.1 Å². The molecular formula is C16H17N3O. The second kappa shape index (κ2) is 5.89. The van der Waals surface area contributed by atoms with E-state index in [0.29, 0.717) is 12.3 Å². The molecule has 1 heterocycles. The van der Waals surface area contributed by atoms with Crippen molar-refractivity contribution in [2.75, 3.05) is 25.1 Å². The third-order valence-electron chi connectivity index (χ3n) is 3.44. The summed E-state index contributed by atoms with van der Waals surface area (Å²) >= 11 is 0. The summed E-state index contributed by atoms with van der Waals surface area (Å²) < 4.78 is 5.60. The van der Waals surface area contributed by atoms with Gasteiger partial charge in [-0.05, 0) is 30.9 Å². The smallest absolute Gasteiger partial charge is 0.143 e. The highest BCUT2D eigenvalue weighted by Gasteiger charge is 2.20. The normalized spacial score (nSPS) is 14.2. The lowest BCUT2D eigenvalue weighted by Crippen LogP contribution is -2.11. The van der Waals surface area contributed by atoms with E-state index in [1.54, 1.807) is 6.07 Å². The molecule has 0 amide bonds. The largest absolute Gasteiger partial charge is 0.382 e. The lowest BCUT2D eigenvalue weighted by molar-refractivity contribution is 0.134. The van der Waals surface area contributed by atoms with E-state index >= 15 is 0 Å². The van der Waals surface area contributed by atoms with Crippen molar-refractivity contribution < 1.29 is 4.74 Å². The van der Waals surface area contributed by atoms with Crippen LogP contribution in [0, 0.1) is 17.2 Å². The molecule has 0 radical (unpaired) electrons. The highest BCUT2D eigenvalue weighted by atomic mass is 16.5. The van der Waals surface area contributed by atoms with Crippen LogP contribution in [0.25, 0.3) is 10.9 Å². The Labute approximate surface area is 118 Å². The molecule has 0 bridgehead atoms. The molecule has 4 nitrogen and oxygen atoms in total. The van der Waals surface area contributed by atoms with Crippen molar-refractivity contribution in [2.24, 2.45) is 5.92 Å². The number of para-hydroxylation sites is 1. The molecule has 0 spiro atoms. The lowest BCUT2D eigenvalue weighted by Gasteiger charge is -2.10. The monoisotopic (exact) mass is 267 g/mol. The maximum absolute atomic E-state index is 9.03. The highest BCUT2D eigenvalue weighted by Crippen LogP contribution is 2.28. The van der Waals surface area contributed by atoms with Gasteiger partial charge in [-0.3, -0.25) is 0 Å². The summed E-state index contributed by atoms with van der Waals surface area (Å²) in [6.45, 7) is 2.31. The number of nitrogens with zero attached hydrogens (tertiary/aromatic N) is 2. The third kappa shape index (κ3) is 3.06. The molecule has 2 aromatic rings. The Kier molecular flexibility index (Phi) is 3.80. The predicted octanol–water partition coefficient (Wildman–Crippen LogP) is 2.94. The van der Waals surface area contributed by atoms with Gasteiger partial charge in [0.25, 0.3) is 0 Å². The number of aromatic nitrogens is 1. The first kappa shape index (κ1) is 12.9. The van der Waals surface area contributed by atoms with Crippen LogP contribution in [-0.2, 0) is 4.74 Å². The van der Waals surface area contributed by atoms with E-state index in [1.165, 1.54) is 12.8 Å². The summed E-state index contributed by atoms with van der Waals surface area (Å²) in [5.74, 6) is 0.793. The number of fused-ring (bicyclic) bond motifs is 1. The van der Waals surface area contributed by atoms with Gasteiger partial charge in [-0.15, -0.1) is 0 Å². The number of hydrogen-bond acceptors (Lipinski definition) is 4. The number of rotatable bonds is 6. The molecule has 0 aliphatic heterocycles. The minimum atomic E-state index is 0.435. The molecule has 20 heavy (non-hydrogen) atoms. The van der Waals surface area contributed by atoms with E-state index in [0.717, 1.165) is 35.7 Å². The van der Waals surface area contributed by atoms with E-state index in [9.17, 15) is 0 Å². The zero-order valence-corrected chi connectivity index (χ0v) is 11.3. The van der Waals surface area contributed by atoms with Crippen LogP contribution >= 0.6 is 0 Å². The van der Waals surface area contributed by atoms with Crippen molar-refractivity contribution in [3.05, 3.63) is 36.0 Å². The first-order valence-corrected chi connectivity index (χ1v) is 6.98. The fourth-order valence-corrected chi connectivity index (χ4v) is 2.17. The van der Waals surface area contributed by atoms with Crippen molar-refractivity contribution in [3.63, 3.8) is 0 Å². The van der Waals surface area contributed by atoms with E-state index in [-0.39, 0.29) is 0 Å². The van der Waals surface area contributed by atoms with Gasteiger partial charge in [-0.1, -0.05) is 18.2 Å². The summed E-state index contributed by atoms with van der Waals surface area (Å²) in [7, 11) is 0. The molecule has 0 atom stereocenters. The maximum atomic E-state index is 9.03. The number of nitriles is 1. The van der Waals surface area contributed by atoms with Gasteiger partial charge in [0.05, 0.1) is 12.1 Å². The molecule has 0 saturated heterocycles. The van der Waals surface area contributed by atoms with Crippen molar-refractivity contribution in [3.8, 4) is 6.07 Å². The maximum Gasteiger partial charge on any atom is 0.143 e. The van der Waals surface area contributed by atoms with E-state index < -0.39 is 0 Å². The topological polar surface area (TPSA) is 57.9 Å². The Morgan fingerprint density at radius 1 is 1.35 bits per heavy atom. The Morgan fingerprint density at radius 3 is 3.00 bits per heavy atom. The number of ether oxygens (including phenoxy) is 1. The van der Waals surface area contributed by atoms with E-state index in [1.807, 2.05) is 24.3 Å². The summed E-state index contributed by atoms with van der Waals surface area (Å²) in [6.07, 6.45) is 2.63. The zero-order valence-electron chi connectivity index (χ0n) is 11.3. The molecule has 1 aliphatic carbocycles. The van der Waals surface area contributed by atoms with Gasteiger partial charge >= 0.3 is 0 Å². The number of pyridine rings is 1. The predicted molar refractivity (Wildman–Crippen MR) is 78.5 cm³/mol. The number of anilines is 1. The van der Waals surface area contributed by atoms with E-state index in [4.69, 9.17) is 10.00 Å². The molecule has 1 saturated carbocycles. The van der Waals surface area contributed by atoms with Crippen LogP contribution in [-0.4, -0.2) is 24.7 Å². The SMILES string of the molecule is N#Cc1cc(NCCOCC2CC2)c2ccccc2n1. The molecule has 3 rings (SSSR count). The molecule has 1 aliphatic rings. The minimum absolute atomic E-state index is 0.435.